The van der Waals surface area contributed by atoms with Crippen LogP contribution in [0.3, 0.4) is 0 Å². The molecule has 2 aromatic rings. The number of Topliss-reactive ketones (excluding diaryl/α,β-unsaturated/α-hetero) is 2. The van der Waals surface area contributed by atoms with Gasteiger partial charge in [0.25, 0.3) is 0 Å². The molecular formula is C21H22O7. The van der Waals surface area contributed by atoms with Crippen molar-refractivity contribution in [3.8, 4) is 17.2 Å². The summed E-state index contributed by atoms with van der Waals surface area (Å²) in [5.41, 5.74) is 0.881. The van der Waals surface area contributed by atoms with E-state index >= 15 is 0 Å². The molecule has 0 heterocycles. The number of esters is 1. The Bertz CT molecular complexity index is 840. The van der Waals surface area contributed by atoms with Gasteiger partial charge >= 0.3 is 5.97 Å². The molecule has 0 aliphatic carbocycles. The van der Waals surface area contributed by atoms with Crippen LogP contribution < -0.4 is 14.2 Å². The molecule has 0 aromatic heterocycles. The van der Waals surface area contributed by atoms with Crippen molar-refractivity contribution in [3.05, 3.63) is 53.6 Å². The third kappa shape index (κ3) is 5.84. The molecule has 0 N–H and O–H groups in total. The Balaban J connectivity index is 1.85. The van der Waals surface area contributed by atoms with Crippen molar-refractivity contribution in [2.45, 2.75) is 13.8 Å². The molecule has 0 amide bonds. The van der Waals surface area contributed by atoms with Gasteiger partial charge in [0.1, 0.15) is 5.75 Å². The third-order valence-corrected chi connectivity index (χ3v) is 3.77. The van der Waals surface area contributed by atoms with Gasteiger partial charge in [-0.15, -0.1) is 0 Å². The summed E-state index contributed by atoms with van der Waals surface area (Å²) >= 11 is 0. The number of carbonyl (C=O) groups excluding carboxylic acids is 3. The van der Waals surface area contributed by atoms with Crippen LogP contribution in [0.4, 0.5) is 0 Å². The lowest BCUT2D eigenvalue weighted by Crippen LogP contribution is -2.19. The number of ether oxygens (including phenoxy) is 4. The highest BCUT2D eigenvalue weighted by Crippen LogP contribution is 2.28. The Labute approximate surface area is 163 Å². The van der Waals surface area contributed by atoms with E-state index in [2.05, 4.69) is 0 Å². The molecule has 0 spiro atoms. The second-order valence-corrected chi connectivity index (χ2v) is 5.75. The average Bonchev–Trinajstić information content (AvgIpc) is 2.71. The predicted octanol–water partition coefficient (Wildman–Crippen LogP) is 3.10. The standard InChI is InChI=1S/C21H22O7/c1-4-26-17-8-5-15(6-9-17)18(23)12-28-21(24)13-27-19-10-7-16(14(2)22)11-20(19)25-3/h5-11H,4,12-13H2,1-3H3. The minimum atomic E-state index is -0.697. The van der Waals surface area contributed by atoms with Crippen LogP contribution >= 0.6 is 0 Å². The van der Waals surface area contributed by atoms with Crippen LogP contribution in [0, 0.1) is 0 Å². The van der Waals surface area contributed by atoms with Crippen LogP contribution in [0.25, 0.3) is 0 Å². The first-order valence-electron chi connectivity index (χ1n) is 8.68. The first kappa shape index (κ1) is 21.0. The molecule has 0 fully saturated rings. The molecule has 148 valence electrons. The van der Waals surface area contributed by atoms with Crippen molar-refractivity contribution in [1.29, 1.82) is 0 Å². The van der Waals surface area contributed by atoms with Crippen LogP contribution in [-0.2, 0) is 9.53 Å². The maximum absolute atomic E-state index is 12.1. The maximum Gasteiger partial charge on any atom is 0.344 e. The Morgan fingerprint density at radius 1 is 0.857 bits per heavy atom. The maximum atomic E-state index is 12.1. The van der Waals surface area contributed by atoms with Crippen molar-refractivity contribution < 1.29 is 33.3 Å². The first-order chi connectivity index (χ1) is 13.4. The highest BCUT2D eigenvalue weighted by molar-refractivity contribution is 5.98. The fraction of sp³-hybridized carbons (Fsp3) is 0.286. The summed E-state index contributed by atoms with van der Waals surface area (Å²) in [4.78, 5) is 35.3. The van der Waals surface area contributed by atoms with Gasteiger partial charge in [-0.05, 0) is 56.3 Å². The SMILES string of the molecule is CCOc1ccc(C(=O)COC(=O)COc2ccc(C(C)=O)cc2OC)cc1. The zero-order valence-corrected chi connectivity index (χ0v) is 16.0. The van der Waals surface area contributed by atoms with Gasteiger partial charge in [-0.2, -0.15) is 0 Å². The van der Waals surface area contributed by atoms with Gasteiger partial charge in [-0.3, -0.25) is 9.59 Å². The number of methoxy groups -OCH3 is 1. The normalized spacial score (nSPS) is 10.1. The van der Waals surface area contributed by atoms with E-state index < -0.39 is 19.2 Å². The zero-order valence-electron chi connectivity index (χ0n) is 16.0. The van der Waals surface area contributed by atoms with Gasteiger partial charge in [-0.25, -0.2) is 4.79 Å². The Kier molecular flexibility index (Phi) is 7.56. The zero-order chi connectivity index (χ0) is 20.5. The summed E-state index contributed by atoms with van der Waals surface area (Å²) in [6.45, 7) is 3.05. The van der Waals surface area contributed by atoms with Crippen molar-refractivity contribution in [2.75, 3.05) is 26.9 Å². The predicted molar refractivity (Wildman–Crippen MR) is 101 cm³/mol. The van der Waals surface area contributed by atoms with E-state index in [-0.39, 0.29) is 11.6 Å². The lowest BCUT2D eigenvalue weighted by Gasteiger charge is -2.11. The van der Waals surface area contributed by atoms with Gasteiger partial charge < -0.3 is 18.9 Å². The second kappa shape index (κ2) is 10.1. The highest BCUT2D eigenvalue weighted by atomic mass is 16.6. The molecule has 0 radical (unpaired) electrons. The average molecular weight is 386 g/mol. The smallest absolute Gasteiger partial charge is 0.344 e. The van der Waals surface area contributed by atoms with E-state index in [0.29, 0.717) is 35.0 Å². The Morgan fingerprint density at radius 2 is 1.54 bits per heavy atom. The van der Waals surface area contributed by atoms with Crippen LogP contribution in [0.2, 0.25) is 0 Å². The quantitative estimate of drug-likeness (QED) is 0.458. The van der Waals surface area contributed by atoms with E-state index in [1.54, 1.807) is 30.3 Å². The molecule has 0 bridgehead atoms. The van der Waals surface area contributed by atoms with Crippen molar-refractivity contribution in [2.24, 2.45) is 0 Å². The number of hydrogen-bond donors (Lipinski definition) is 0. The molecule has 0 aliphatic rings. The van der Waals surface area contributed by atoms with Crippen LogP contribution in [0.15, 0.2) is 42.5 Å². The molecule has 7 heteroatoms. The number of ketones is 2. The lowest BCUT2D eigenvalue weighted by molar-refractivity contribution is -0.144. The molecule has 28 heavy (non-hydrogen) atoms. The third-order valence-electron chi connectivity index (χ3n) is 3.77. The Hall–Kier alpha value is -3.35. The van der Waals surface area contributed by atoms with Gasteiger partial charge in [0.05, 0.1) is 13.7 Å². The molecule has 7 nitrogen and oxygen atoms in total. The van der Waals surface area contributed by atoms with Crippen molar-refractivity contribution in [3.63, 3.8) is 0 Å². The fourth-order valence-electron chi connectivity index (χ4n) is 2.32. The van der Waals surface area contributed by atoms with Gasteiger partial charge in [0.2, 0.25) is 0 Å². The summed E-state index contributed by atoms with van der Waals surface area (Å²) in [6, 6.07) is 11.2. The molecule has 0 unspecified atom stereocenters. The van der Waals surface area contributed by atoms with Gasteiger partial charge in [-0.1, -0.05) is 0 Å². The summed E-state index contributed by atoms with van der Waals surface area (Å²) in [5, 5.41) is 0. The van der Waals surface area contributed by atoms with Crippen LogP contribution in [-0.4, -0.2) is 44.5 Å². The molecule has 2 aromatic carbocycles. The molecule has 0 atom stereocenters. The molecule has 0 saturated heterocycles. The molecule has 2 rings (SSSR count). The fourth-order valence-corrected chi connectivity index (χ4v) is 2.32. The van der Waals surface area contributed by atoms with E-state index in [1.807, 2.05) is 6.92 Å². The Morgan fingerprint density at radius 3 is 2.14 bits per heavy atom. The lowest BCUT2D eigenvalue weighted by atomic mass is 10.1. The van der Waals surface area contributed by atoms with E-state index in [1.165, 1.54) is 26.2 Å². The summed E-state index contributed by atoms with van der Waals surface area (Å²) in [7, 11) is 1.43. The summed E-state index contributed by atoms with van der Waals surface area (Å²) in [6.07, 6.45) is 0. The largest absolute Gasteiger partial charge is 0.494 e. The highest BCUT2D eigenvalue weighted by Gasteiger charge is 2.13. The monoisotopic (exact) mass is 386 g/mol. The summed E-state index contributed by atoms with van der Waals surface area (Å²) < 4.78 is 20.8. The van der Waals surface area contributed by atoms with Gasteiger partial charge in [0, 0.05) is 11.1 Å². The van der Waals surface area contributed by atoms with E-state index in [9.17, 15) is 14.4 Å². The summed E-state index contributed by atoms with van der Waals surface area (Å²) in [5.74, 6) is 0.135. The van der Waals surface area contributed by atoms with Crippen LogP contribution in [0.5, 0.6) is 17.2 Å². The minimum Gasteiger partial charge on any atom is -0.494 e. The van der Waals surface area contributed by atoms with Gasteiger partial charge in [0.15, 0.2) is 36.3 Å². The topological polar surface area (TPSA) is 88.1 Å². The molecule has 0 aliphatic heterocycles. The number of benzene rings is 2. The number of hydrogen-bond acceptors (Lipinski definition) is 7. The van der Waals surface area contributed by atoms with Crippen molar-refractivity contribution >= 4 is 17.5 Å². The van der Waals surface area contributed by atoms with Crippen molar-refractivity contribution in [1.82, 2.24) is 0 Å². The molecular weight excluding hydrogens is 364 g/mol. The number of rotatable bonds is 10. The first-order valence-corrected chi connectivity index (χ1v) is 8.68. The van der Waals surface area contributed by atoms with E-state index in [0.717, 1.165) is 0 Å². The van der Waals surface area contributed by atoms with E-state index in [4.69, 9.17) is 18.9 Å². The second-order valence-electron chi connectivity index (χ2n) is 5.75. The van der Waals surface area contributed by atoms with Crippen LogP contribution in [0.1, 0.15) is 34.6 Å². The minimum absolute atomic E-state index is 0.114. The number of carbonyl (C=O) groups is 3. The molecule has 0 saturated carbocycles.